The maximum atomic E-state index is 11.2. The number of carbonyl (C=O) groups excluding carboxylic acids is 1. The molecule has 0 aliphatic heterocycles. The van der Waals surface area contributed by atoms with Gasteiger partial charge in [0.05, 0.1) is 24.4 Å². The number of benzene rings is 1. The highest BCUT2D eigenvalue weighted by atomic mass is 32.2. The lowest BCUT2D eigenvalue weighted by Crippen LogP contribution is -2.06. The summed E-state index contributed by atoms with van der Waals surface area (Å²) >= 11 is 1.33. The van der Waals surface area contributed by atoms with Gasteiger partial charge in [0.15, 0.2) is 0 Å². The summed E-state index contributed by atoms with van der Waals surface area (Å²) in [4.78, 5) is 21.4. The van der Waals surface area contributed by atoms with Crippen LogP contribution in [0.25, 0.3) is 0 Å². The molecule has 0 aliphatic rings. The molecule has 0 radical (unpaired) electrons. The molecule has 0 fully saturated rings. The second-order valence-electron chi connectivity index (χ2n) is 3.55. The smallest absolute Gasteiger partial charge is 0.315 e. The Morgan fingerprint density at radius 2 is 2.21 bits per heavy atom. The number of hydrogen-bond acceptors (Lipinski definition) is 6. The Hall–Kier alpha value is -1.76. The number of rotatable bonds is 7. The number of nitro benzene ring substituents is 1. The van der Waals surface area contributed by atoms with E-state index in [9.17, 15) is 14.9 Å². The number of esters is 1. The molecule has 0 saturated carbocycles. The van der Waals surface area contributed by atoms with Crippen LogP contribution in [-0.4, -0.2) is 30.4 Å². The van der Waals surface area contributed by atoms with Crippen molar-refractivity contribution in [2.24, 2.45) is 0 Å². The molecular weight excluding hydrogens is 270 g/mol. The van der Waals surface area contributed by atoms with Gasteiger partial charge in [-0.2, -0.15) is 0 Å². The van der Waals surface area contributed by atoms with Gasteiger partial charge in [-0.25, -0.2) is 0 Å². The Morgan fingerprint density at radius 3 is 2.79 bits per heavy atom. The maximum Gasteiger partial charge on any atom is 0.315 e. The molecule has 104 valence electrons. The second-order valence-corrected chi connectivity index (χ2v) is 4.54. The van der Waals surface area contributed by atoms with E-state index in [1.54, 1.807) is 13.0 Å². The first-order valence-corrected chi connectivity index (χ1v) is 6.78. The molecule has 0 unspecified atom stereocenters. The van der Waals surface area contributed by atoms with Crippen molar-refractivity contribution in [3.8, 4) is 5.75 Å². The molecule has 0 amide bonds. The van der Waals surface area contributed by atoms with E-state index in [1.165, 1.54) is 31.0 Å². The summed E-state index contributed by atoms with van der Waals surface area (Å²) < 4.78 is 9.93. The number of methoxy groups -OCH3 is 1. The summed E-state index contributed by atoms with van der Waals surface area (Å²) in [5, 5.41) is 10.7. The average Bonchev–Trinajstić information content (AvgIpc) is 2.38. The van der Waals surface area contributed by atoms with Gasteiger partial charge >= 0.3 is 5.97 Å². The molecule has 0 spiro atoms. The van der Waals surface area contributed by atoms with Crippen LogP contribution in [0.2, 0.25) is 0 Å². The fourth-order valence-electron chi connectivity index (χ4n) is 1.44. The van der Waals surface area contributed by atoms with E-state index >= 15 is 0 Å². The fourth-order valence-corrected chi connectivity index (χ4v) is 2.24. The number of nitrogens with zero attached hydrogens (tertiary/aromatic N) is 1. The van der Waals surface area contributed by atoms with Gasteiger partial charge in [0, 0.05) is 23.4 Å². The van der Waals surface area contributed by atoms with Crippen molar-refractivity contribution in [3.05, 3.63) is 33.9 Å². The van der Waals surface area contributed by atoms with Gasteiger partial charge in [-0.15, -0.1) is 11.8 Å². The van der Waals surface area contributed by atoms with Crippen molar-refractivity contribution in [2.45, 2.75) is 12.7 Å². The molecule has 7 heteroatoms. The quantitative estimate of drug-likeness (QED) is 0.435. The fraction of sp³-hybridized carbons (Fsp3) is 0.417. The first kappa shape index (κ1) is 15.3. The van der Waals surface area contributed by atoms with Gasteiger partial charge in [-0.1, -0.05) is 0 Å². The zero-order valence-electron chi connectivity index (χ0n) is 10.8. The van der Waals surface area contributed by atoms with Crippen LogP contribution >= 0.6 is 11.8 Å². The average molecular weight is 285 g/mol. The largest absolute Gasteiger partial charge is 0.496 e. The molecule has 0 atom stereocenters. The highest BCUT2D eigenvalue weighted by Crippen LogP contribution is 2.27. The SMILES string of the molecule is CCOC(=O)CSCc1cc([N+](=O)[O-])ccc1OC. The maximum absolute atomic E-state index is 11.2. The summed E-state index contributed by atoms with van der Waals surface area (Å²) in [7, 11) is 1.50. The van der Waals surface area contributed by atoms with E-state index in [1.807, 2.05) is 0 Å². The second kappa shape index (κ2) is 7.63. The minimum Gasteiger partial charge on any atom is -0.496 e. The van der Waals surface area contributed by atoms with Crippen LogP contribution in [-0.2, 0) is 15.3 Å². The van der Waals surface area contributed by atoms with Gasteiger partial charge in [0.2, 0.25) is 0 Å². The molecule has 0 N–H and O–H groups in total. The molecule has 19 heavy (non-hydrogen) atoms. The molecule has 0 heterocycles. The van der Waals surface area contributed by atoms with Crippen molar-refractivity contribution in [2.75, 3.05) is 19.5 Å². The molecule has 1 aromatic rings. The number of non-ortho nitro benzene ring substituents is 1. The van der Waals surface area contributed by atoms with Gasteiger partial charge < -0.3 is 9.47 Å². The van der Waals surface area contributed by atoms with E-state index in [2.05, 4.69) is 0 Å². The Balaban J connectivity index is 2.67. The van der Waals surface area contributed by atoms with E-state index in [0.29, 0.717) is 23.7 Å². The van der Waals surface area contributed by atoms with Gasteiger partial charge in [0.1, 0.15) is 5.75 Å². The van der Waals surface area contributed by atoms with Crippen molar-refractivity contribution in [1.82, 2.24) is 0 Å². The number of thioether (sulfide) groups is 1. The first-order chi connectivity index (χ1) is 9.08. The minimum atomic E-state index is -0.459. The van der Waals surface area contributed by atoms with Crippen LogP contribution in [0.4, 0.5) is 5.69 Å². The Kier molecular flexibility index (Phi) is 6.14. The van der Waals surface area contributed by atoms with Crippen LogP contribution in [0.1, 0.15) is 12.5 Å². The summed E-state index contributed by atoms with van der Waals surface area (Å²) in [5.74, 6) is 0.933. The van der Waals surface area contributed by atoms with Gasteiger partial charge in [-0.05, 0) is 13.0 Å². The minimum absolute atomic E-state index is 0.00698. The molecule has 0 aliphatic carbocycles. The number of carbonyl (C=O) groups is 1. The Bertz CT molecular complexity index is 463. The van der Waals surface area contributed by atoms with Crippen LogP contribution < -0.4 is 4.74 Å². The molecule has 0 aromatic heterocycles. The molecular formula is C12H15NO5S. The number of ether oxygens (including phenoxy) is 2. The van der Waals surface area contributed by atoms with Crippen molar-refractivity contribution < 1.29 is 19.2 Å². The van der Waals surface area contributed by atoms with E-state index in [-0.39, 0.29) is 17.4 Å². The zero-order chi connectivity index (χ0) is 14.3. The van der Waals surface area contributed by atoms with E-state index in [4.69, 9.17) is 9.47 Å². The lowest BCUT2D eigenvalue weighted by molar-refractivity contribution is -0.384. The molecule has 0 bridgehead atoms. The third-order valence-electron chi connectivity index (χ3n) is 2.26. The van der Waals surface area contributed by atoms with Crippen LogP contribution in [0.3, 0.4) is 0 Å². The highest BCUT2D eigenvalue weighted by Gasteiger charge is 2.12. The Morgan fingerprint density at radius 1 is 1.47 bits per heavy atom. The summed E-state index contributed by atoms with van der Waals surface area (Å²) in [6.07, 6.45) is 0. The van der Waals surface area contributed by atoms with Crippen molar-refractivity contribution >= 4 is 23.4 Å². The summed E-state index contributed by atoms with van der Waals surface area (Å²) in [5.41, 5.74) is 0.693. The van der Waals surface area contributed by atoms with Gasteiger partial charge in [-0.3, -0.25) is 14.9 Å². The monoisotopic (exact) mass is 285 g/mol. The summed E-state index contributed by atoms with van der Waals surface area (Å²) in [6.45, 7) is 2.09. The van der Waals surface area contributed by atoms with Gasteiger partial charge in [0.25, 0.3) is 5.69 Å². The van der Waals surface area contributed by atoms with E-state index in [0.717, 1.165) is 0 Å². The topological polar surface area (TPSA) is 78.7 Å². The predicted octanol–water partition coefficient (Wildman–Crippen LogP) is 2.40. The highest BCUT2D eigenvalue weighted by molar-refractivity contribution is 7.99. The molecule has 1 rings (SSSR count). The van der Waals surface area contributed by atoms with Crippen molar-refractivity contribution in [1.29, 1.82) is 0 Å². The molecule has 6 nitrogen and oxygen atoms in total. The lowest BCUT2D eigenvalue weighted by Gasteiger charge is -2.07. The normalized spacial score (nSPS) is 10.0. The first-order valence-electron chi connectivity index (χ1n) is 5.63. The standard InChI is InChI=1S/C12H15NO5S/c1-3-18-12(14)8-19-7-9-6-10(13(15)16)4-5-11(9)17-2/h4-6H,3,7-8H2,1-2H3. The number of hydrogen-bond donors (Lipinski definition) is 0. The molecule has 1 aromatic carbocycles. The molecule has 0 saturated heterocycles. The van der Waals surface area contributed by atoms with Crippen LogP contribution in [0.15, 0.2) is 18.2 Å². The van der Waals surface area contributed by atoms with Crippen LogP contribution in [0.5, 0.6) is 5.75 Å². The predicted molar refractivity (Wildman–Crippen MR) is 72.4 cm³/mol. The number of nitro groups is 1. The third-order valence-corrected chi connectivity index (χ3v) is 3.21. The Labute approximate surface area is 115 Å². The van der Waals surface area contributed by atoms with E-state index < -0.39 is 4.92 Å². The zero-order valence-corrected chi connectivity index (χ0v) is 11.6. The van der Waals surface area contributed by atoms with Crippen LogP contribution in [0, 0.1) is 10.1 Å². The van der Waals surface area contributed by atoms with Crippen molar-refractivity contribution in [3.63, 3.8) is 0 Å². The lowest BCUT2D eigenvalue weighted by atomic mass is 10.2. The summed E-state index contributed by atoms with van der Waals surface area (Å²) in [6, 6.07) is 4.40. The third kappa shape index (κ3) is 4.78.